The van der Waals surface area contributed by atoms with Gasteiger partial charge < -0.3 is 20.1 Å². The van der Waals surface area contributed by atoms with Crippen LogP contribution in [0.5, 0.6) is 11.5 Å². The van der Waals surface area contributed by atoms with Crippen LogP contribution in [-0.2, 0) is 11.3 Å². The predicted octanol–water partition coefficient (Wildman–Crippen LogP) is 2.10. The molecule has 0 bridgehead atoms. The third kappa shape index (κ3) is 3.35. The van der Waals surface area contributed by atoms with Gasteiger partial charge in [0.2, 0.25) is 5.91 Å². The molecule has 2 atom stereocenters. The zero-order valence-electron chi connectivity index (χ0n) is 13.9. The first kappa shape index (κ1) is 16.6. The highest BCUT2D eigenvalue weighted by atomic mass is 16.5. The number of amides is 1. The first-order chi connectivity index (χ1) is 10.5. The van der Waals surface area contributed by atoms with Gasteiger partial charge in [0.05, 0.1) is 20.1 Å². The number of hydrogen-bond donors (Lipinski definition) is 1. The van der Waals surface area contributed by atoms with Gasteiger partial charge in [0.1, 0.15) is 0 Å². The SMILES string of the molecule is COc1cc(C)c(CN(C)C(=O)[C@H]2CCC[C@@H]2N)cc1OC. The van der Waals surface area contributed by atoms with E-state index in [1.807, 2.05) is 26.1 Å². The number of aryl methyl sites for hydroxylation is 1. The fourth-order valence-electron chi connectivity index (χ4n) is 3.10. The molecule has 0 spiro atoms. The molecule has 0 aliphatic heterocycles. The molecular weight excluding hydrogens is 280 g/mol. The van der Waals surface area contributed by atoms with Gasteiger partial charge >= 0.3 is 0 Å². The Morgan fingerprint density at radius 3 is 2.45 bits per heavy atom. The number of carbonyl (C=O) groups excluding carboxylic acids is 1. The molecule has 0 radical (unpaired) electrons. The van der Waals surface area contributed by atoms with Crippen LogP contribution in [0.3, 0.4) is 0 Å². The molecule has 0 heterocycles. The Morgan fingerprint density at radius 2 is 1.91 bits per heavy atom. The number of methoxy groups -OCH3 is 2. The third-order valence-corrected chi connectivity index (χ3v) is 4.51. The molecule has 1 fully saturated rings. The maximum Gasteiger partial charge on any atom is 0.227 e. The minimum absolute atomic E-state index is 0.00134. The van der Waals surface area contributed by atoms with Gasteiger partial charge in [-0.1, -0.05) is 6.42 Å². The van der Waals surface area contributed by atoms with Crippen molar-refractivity contribution in [3.8, 4) is 11.5 Å². The average Bonchev–Trinajstić information content (AvgIpc) is 2.93. The Hall–Kier alpha value is -1.75. The zero-order chi connectivity index (χ0) is 16.3. The summed E-state index contributed by atoms with van der Waals surface area (Å²) < 4.78 is 10.6. The van der Waals surface area contributed by atoms with Crippen LogP contribution in [0, 0.1) is 12.8 Å². The summed E-state index contributed by atoms with van der Waals surface area (Å²) in [5.74, 6) is 1.49. The van der Waals surface area contributed by atoms with Gasteiger partial charge in [0.15, 0.2) is 11.5 Å². The van der Waals surface area contributed by atoms with Gasteiger partial charge in [0.25, 0.3) is 0 Å². The standard InChI is InChI=1S/C17H26N2O3/c1-11-8-15(21-3)16(22-4)9-12(11)10-19(2)17(20)13-6-5-7-14(13)18/h8-9,13-14H,5-7,10,18H2,1-4H3/t13-,14-/m0/s1. The number of hydrogen-bond acceptors (Lipinski definition) is 4. The Balaban J connectivity index is 2.14. The van der Waals surface area contributed by atoms with Crippen LogP contribution in [0.15, 0.2) is 12.1 Å². The highest BCUT2D eigenvalue weighted by Crippen LogP contribution is 2.31. The Labute approximate surface area is 132 Å². The van der Waals surface area contributed by atoms with Gasteiger partial charge in [-0.15, -0.1) is 0 Å². The van der Waals surface area contributed by atoms with Crippen molar-refractivity contribution in [2.45, 2.75) is 38.8 Å². The van der Waals surface area contributed by atoms with E-state index in [0.717, 1.165) is 30.4 Å². The molecule has 0 saturated heterocycles. The predicted molar refractivity (Wildman–Crippen MR) is 86.1 cm³/mol. The van der Waals surface area contributed by atoms with Gasteiger partial charge in [-0.05, 0) is 43.0 Å². The van der Waals surface area contributed by atoms with Crippen LogP contribution in [0.1, 0.15) is 30.4 Å². The van der Waals surface area contributed by atoms with Crippen LogP contribution in [0.4, 0.5) is 0 Å². The van der Waals surface area contributed by atoms with E-state index in [-0.39, 0.29) is 17.9 Å². The summed E-state index contributed by atoms with van der Waals surface area (Å²) in [6.45, 7) is 2.56. The summed E-state index contributed by atoms with van der Waals surface area (Å²) in [5.41, 5.74) is 8.17. The van der Waals surface area contributed by atoms with E-state index < -0.39 is 0 Å². The summed E-state index contributed by atoms with van der Waals surface area (Å²) in [6, 6.07) is 3.88. The second kappa shape index (κ2) is 7.01. The molecule has 22 heavy (non-hydrogen) atoms. The lowest BCUT2D eigenvalue weighted by molar-refractivity contribution is -0.134. The van der Waals surface area contributed by atoms with Crippen LogP contribution in [0.2, 0.25) is 0 Å². The van der Waals surface area contributed by atoms with Crippen molar-refractivity contribution in [2.24, 2.45) is 11.7 Å². The molecule has 1 aromatic carbocycles. The number of nitrogens with zero attached hydrogens (tertiary/aromatic N) is 1. The highest BCUT2D eigenvalue weighted by molar-refractivity contribution is 5.79. The van der Waals surface area contributed by atoms with Crippen LogP contribution < -0.4 is 15.2 Å². The van der Waals surface area contributed by atoms with E-state index >= 15 is 0 Å². The third-order valence-electron chi connectivity index (χ3n) is 4.51. The fourth-order valence-corrected chi connectivity index (χ4v) is 3.10. The summed E-state index contributed by atoms with van der Waals surface area (Å²) >= 11 is 0. The maximum atomic E-state index is 12.5. The van der Waals surface area contributed by atoms with Crippen molar-refractivity contribution in [2.75, 3.05) is 21.3 Å². The molecular formula is C17H26N2O3. The molecule has 1 aliphatic carbocycles. The molecule has 5 heteroatoms. The molecule has 2 N–H and O–H groups in total. The van der Waals surface area contributed by atoms with E-state index in [9.17, 15) is 4.79 Å². The summed E-state index contributed by atoms with van der Waals surface area (Å²) in [5, 5.41) is 0. The zero-order valence-corrected chi connectivity index (χ0v) is 13.9. The van der Waals surface area contributed by atoms with Gasteiger partial charge in [0, 0.05) is 19.6 Å². The normalized spacial score (nSPS) is 20.8. The summed E-state index contributed by atoms with van der Waals surface area (Å²) in [6.07, 6.45) is 2.88. The Morgan fingerprint density at radius 1 is 1.27 bits per heavy atom. The summed E-state index contributed by atoms with van der Waals surface area (Å²) in [4.78, 5) is 14.3. The van der Waals surface area contributed by atoms with Gasteiger partial charge in [-0.3, -0.25) is 4.79 Å². The topological polar surface area (TPSA) is 64.8 Å². The molecule has 1 aromatic rings. The quantitative estimate of drug-likeness (QED) is 0.905. The summed E-state index contributed by atoms with van der Waals surface area (Å²) in [7, 11) is 5.07. The largest absolute Gasteiger partial charge is 0.493 e. The van der Waals surface area contributed by atoms with E-state index in [1.165, 1.54) is 0 Å². The number of rotatable bonds is 5. The van der Waals surface area contributed by atoms with E-state index in [2.05, 4.69) is 0 Å². The molecule has 0 unspecified atom stereocenters. The molecule has 122 valence electrons. The molecule has 5 nitrogen and oxygen atoms in total. The van der Waals surface area contributed by atoms with Crippen LogP contribution in [-0.4, -0.2) is 38.1 Å². The minimum atomic E-state index is -0.0366. The maximum absolute atomic E-state index is 12.5. The molecule has 1 amide bonds. The minimum Gasteiger partial charge on any atom is -0.493 e. The first-order valence-electron chi connectivity index (χ1n) is 7.70. The molecule has 1 saturated carbocycles. The van der Waals surface area contributed by atoms with E-state index in [0.29, 0.717) is 18.0 Å². The Kier molecular flexibility index (Phi) is 5.29. The van der Waals surface area contributed by atoms with Crippen molar-refractivity contribution in [1.29, 1.82) is 0 Å². The van der Waals surface area contributed by atoms with E-state index in [4.69, 9.17) is 15.2 Å². The lowest BCUT2D eigenvalue weighted by atomic mass is 10.0. The molecule has 2 rings (SSSR count). The number of nitrogens with two attached hydrogens (primary N) is 1. The van der Waals surface area contributed by atoms with Crippen LogP contribution in [0.25, 0.3) is 0 Å². The Bertz CT molecular complexity index is 545. The van der Waals surface area contributed by atoms with Crippen LogP contribution >= 0.6 is 0 Å². The second-order valence-electron chi connectivity index (χ2n) is 6.03. The van der Waals surface area contributed by atoms with E-state index in [1.54, 1.807) is 19.1 Å². The smallest absolute Gasteiger partial charge is 0.227 e. The first-order valence-corrected chi connectivity index (χ1v) is 7.70. The number of benzene rings is 1. The van der Waals surface area contributed by atoms with Gasteiger partial charge in [-0.2, -0.15) is 0 Å². The highest BCUT2D eigenvalue weighted by Gasteiger charge is 2.32. The number of carbonyl (C=O) groups is 1. The number of ether oxygens (including phenoxy) is 2. The lowest BCUT2D eigenvalue weighted by Gasteiger charge is -2.24. The average molecular weight is 306 g/mol. The lowest BCUT2D eigenvalue weighted by Crippen LogP contribution is -2.39. The van der Waals surface area contributed by atoms with Crippen molar-refractivity contribution in [1.82, 2.24) is 4.90 Å². The molecule has 1 aliphatic rings. The van der Waals surface area contributed by atoms with Crippen molar-refractivity contribution < 1.29 is 14.3 Å². The van der Waals surface area contributed by atoms with Gasteiger partial charge in [-0.25, -0.2) is 0 Å². The molecule has 0 aromatic heterocycles. The van der Waals surface area contributed by atoms with Crippen molar-refractivity contribution in [3.63, 3.8) is 0 Å². The van der Waals surface area contributed by atoms with Crippen molar-refractivity contribution in [3.05, 3.63) is 23.3 Å². The van der Waals surface area contributed by atoms with Crippen molar-refractivity contribution >= 4 is 5.91 Å². The monoisotopic (exact) mass is 306 g/mol. The second-order valence-corrected chi connectivity index (χ2v) is 6.03. The fraction of sp³-hybridized carbons (Fsp3) is 0.588.